The number of aryl methyl sites for hydroxylation is 1. The molecule has 1 N–H and O–H groups in total. The van der Waals surface area contributed by atoms with Crippen LogP contribution in [0.25, 0.3) is 0 Å². The summed E-state index contributed by atoms with van der Waals surface area (Å²) in [6.07, 6.45) is -4.25. The highest BCUT2D eigenvalue weighted by Crippen LogP contribution is 2.37. The Labute approximate surface area is 122 Å². The number of carboxylic acid groups (broad SMARTS) is 1. The second kappa shape index (κ2) is 6.00. The van der Waals surface area contributed by atoms with E-state index in [-0.39, 0.29) is 6.42 Å². The zero-order chi connectivity index (χ0) is 15.6. The van der Waals surface area contributed by atoms with Crippen LogP contribution in [0.15, 0.2) is 10.9 Å². The lowest BCUT2D eigenvalue weighted by atomic mass is 9.96. The van der Waals surface area contributed by atoms with E-state index >= 15 is 0 Å². The predicted octanol–water partition coefficient (Wildman–Crippen LogP) is 1.80. The quantitative estimate of drug-likeness (QED) is 0.917. The number of alkyl halides is 3. The SMILES string of the molecule is O=C(O)[C@@H]1CN(C(=O)CCc2cscn2)C[C@H]1C(F)(F)F. The topological polar surface area (TPSA) is 70.5 Å². The minimum atomic E-state index is -4.62. The first-order valence-electron chi connectivity index (χ1n) is 6.23. The van der Waals surface area contributed by atoms with E-state index in [1.807, 2.05) is 0 Å². The van der Waals surface area contributed by atoms with Gasteiger partial charge in [-0.2, -0.15) is 13.2 Å². The molecule has 2 atom stereocenters. The number of carboxylic acids is 1. The molecule has 1 saturated heterocycles. The van der Waals surface area contributed by atoms with Crippen LogP contribution in [-0.4, -0.2) is 46.1 Å². The van der Waals surface area contributed by atoms with Crippen molar-refractivity contribution in [2.45, 2.75) is 19.0 Å². The van der Waals surface area contributed by atoms with Gasteiger partial charge in [-0.3, -0.25) is 9.59 Å². The first-order chi connectivity index (χ1) is 9.79. The van der Waals surface area contributed by atoms with Gasteiger partial charge >= 0.3 is 12.1 Å². The van der Waals surface area contributed by atoms with Crippen LogP contribution in [0.2, 0.25) is 0 Å². The standard InChI is InChI=1S/C12H13F3N2O3S/c13-12(14,15)9-4-17(3-8(9)11(19)20)10(18)2-1-7-5-21-6-16-7/h5-6,8-9H,1-4H2,(H,19,20)/t8-,9-/m1/s1. The maximum atomic E-state index is 12.8. The molecule has 1 fully saturated rings. The number of hydrogen-bond donors (Lipinski definition) is 1. The number of rotatable bonds is 4. The van der Waals surface area contributed by atoms with Gasteiger partial charge in [0.1, 0.15) is 0 Å². The molecule has 1 aliphatic heterocycles. The van der Waals surface area contributed by atoms with Crippen molar-refractivity contribution in [2.24, 2.45) is 11.8 Å². The molecule has 1 aliphatic rings. The summed E-state index contributed by atoms with van der Waals surface area (Å²) < 4.78 is 38.4. The van der Waals surface area contributed by atoms with Gasteiger partial charge in [0, 0.05) is 24.9 Å². The molecule has 0 bridgehead atoms. The monoisotopic (exact) mass is 322 g/mol. The third kappa shape index (κ3) is 3.72. The fraction of sp³-hybridized carbons (Fsp3) is 0.583. The number of amides is 1. The summed E-state index contributed by atoms with van der Waals surface area (Å²) in [5, 5.41) is 10.6. The summed E-state index contributed by atoms with van der Waals surface area (Å²) in [4.78, 5) is 27.8. The van der Waals surface area contributed by atoms with E-state index in [9.17, 15) is 22.8 Å². The molecule has 2 heterocycles. The number of carbonyl (C=O) groups excluding carboxylic acids is 1. The Bertz CT molecular complexity index is 518. The average Bonchev–Trinajstić information content (AvgIpc) is 3.04. The number of halogens is 3. The summed E-state index contributed by atoms with van der Waals surface area (Å²) in [6, 6.07) is 0. The van der Waals surface area contributed by atoms with Crippen molar-refractivity contribution in [1.29, 1.82) is 0 Å². The van der Waals surface area contributed by atoms with Crippen LogP contribution in [0.1, 0.15) is 12.1 Å². The average molecular weight is 322 g/mol. The van der Waals surface area contributed by atoms with Crippen LogP contribution < -0.4 is 0 Å². The molecule has 0 aromatic carbocycles. The molecule has 0 spiro atoms. The highest BCUT2D eigenvalue weighted by molar-refractivity contribution is 7.07. The molecule has 116 valence electrons. The summed E-state index contributed by atoms with van der Waals surface area (Å²) >= 11 is 1.37. The summed E-state index contributed by atoms with van der Waals surface area (Å²) in [6.45, 7) is -0.980. The third-order valence-electron chi connectivity index (χ3n) is 3.49. The number of hydrogen-bond acceptors (Lipinski definition) is 4. The Hall–Kier alpha value is -1.64. The molecule has 2 rings (SSSR count). The maximum Gasteiger partial charge on any atom is 0.394 e. The minimum Gasteiger partial charge on any atom is -0.481 e. The normalized spacial score (nSPS) is 22.5. The Morgan fingerprint density at radius 1 is 1.43 bits per heavy atom. The van der Waals surface area contributed by atoms with Gasteiger partial charge < -0.3 is 10.0 Å². The van der Waals surface area contributed by atoms with E-state index in [4.69, 9.17) is 5.11 Å². The predicted molar refractivity (Wildman–Crippen MR) is 67.7 cm³/mol. The van der Waals surface area contributed by atoms with Crippen molar-refractivity contribution >= 4 is 23.2 Å². The Morgan fingerprint density at radius 2 is 2.14 bits per heavy atom. The maximum absolute atomic E-state index is 12.8. The lowest BCUT2D eigenvalue weighted by molar-refractivity contribution is -0.188. The van der Waals surface area contributed by atoms with Crippen LogP contribution in [0.4, 0.5) is 13.2 Å². The molecular weight excluding hydrogens is 309 g/mol. The second-order valence-corrected chi connectivity index (χ2v) is 5.59. The zero-order valence-corrected chi connectivity index (χ0v) is 11.7. The number of nitrogens with zero attached hydrogens (tertiary/aromatic N) is 2. The molecule has 1 amide bonds. The van der Waals surface area contributed by atoms with Gasteiger partial charge in [-0.15, -0.1) is 11.3 Å². The second-order valence-electron chi connectivity index (χ2n) is 4.87. The zero-order valence-electron chi connectivity index (χ0n) is 10.8. The van der Waals surface area contributed by atoms with Gasteiger partial charge in [0.05, 0.1) is 23.0 Å². The Morgan fingerprint density at radius 3 is 2.62 bits per heavy atom. The molecule has 0 aliphatic carbocycles. The highest BCUT2D eigenvalue weighted by atomic mass is 32.1. The lowest BCUT2D eigenvalue weighted by Gasteiger charge is -2.18. The van der Waals surface area contributed by atoms with Gasteiger partial charge in [0.2, 0.25) is 5.91 Å². The van der Waals surface area contributed by atoms with E-state index < -0.39 is 43.0 Å². The van der Waals surface area contributed by atoms with Gasteiger partial charge in [0.25, 0.3) is 0 Å². The Kier molecular flexibility index (Phi) is 4.50. The molecule has 9 heteroatoms. The van der Waals surface area contributed by atoms with Crippen LogP contribution in [0.5, 0.6) is 0 Å². The molecular formula is C12H13F3N2O3S. The third-order valence-corrected chi connectivity index (χ3v) is 4.12. The van der Waals surface area contributed by atoms with Gasteiger partial charge in [-0.1, -0.05) is 0 Å². The van der Waals surface area contributed by atoms with E-state index in [2.05, 4.69) is 4.98 Å². The van der Waals surface area contributed by atoms with Crippen molar-refractivity contribution < 1.29 is 27.9 Å². The van der Waals surface area contributed by atoms with Crippen LogP contribution >= 0.6 is 11.3 Å². The fourth-order valence-electron chi connectivity index (χ4n) is 2.34. The molecule has 1 aromatic rings. The van der Waals surface area contributed by atoms with E-state index in [0.717, 1.165) is 4.90 Å². The largest absolute Gasteiger partial charge is 0.481 e. The van der Waals surface area contributed by atoms with Crippen molar-refractivity contribution in [3.05, 3.63) is 16.6 Å². The molecule has 1 aromatic heterocycles. The van der Waals surface area contributed by atoms with Crippen molar-refractivity contribution in [2.75, 3.05) is 13.1 Å². The Balaban J connectivity index is 1.98. The van der Waals surface area contributed by atoms with E-state index in [1.54, 1.807) is 10.9 Å². The fourth-order valence-corrected chi connectivity index (χ4v) is 2.94. The number of thiazole rings is 1. The first-order valence-corrected chi connectivity index (χ1v) is 7.17. The first kappa shape index (κ1) is 15.7. The molecule has 0 radical (unpaired) electrons. The molecule has 5 nitrogen and oxygen atoms in total. The molecule has 21 heavy (non-hydrogen) atoms. The van der Waals surface area contributed by atoms with Gasteiger partial charge in [-0.25, -0.2) is 4.98 Å². The van der Waals surface area contributed by atoms with Crippen LogP contribution in [0.3, 0.4) is 0 Å². The highest BCUT2D eigenvalue weighted by Gasteiger charge is 2.53. The van der Waals surface area contributed by atoms with Gasteiger partial charge in [0.15, 0.2) is 0 Å². The number of aromatic nitrogens is 1. The van der Waals surface area contributed by atoms with Crippen LogP contribution in [-0.2, 0) is 16.0 Å². The smallest absolute Gasteiger partial charge is 0.394 e. The minimum absolute atomic E-state index is 0.0284. The summed E-state index contributed by atoms with van der Waals surface area (Å²) in [7, 11) is 0. The molecule has 0 unspecified atom stereocenters. The van der Waals surface area contributed by atoms with Crippen molar-refractivity contribution in [1.82, 2.24) is 9.88 Å². The molecule has 0 saturated carbocycles. The van der Waals surface area contributed by atoms with Crippen LogP contribution in [0, 0.1) is 11.8 Å². The number of aliphatic carboxylic acids is 1. The van der Waals surface area contributed by atoms with E-state index in [1.165, 1.54) is 11.3 Å². The van der Waals surface area contributed by atoms with Gasteiger partial charge in [-0.05, 0) is 6.42 Å². The summed E-state index contributed by atoms with van der Waals surface area (Å²) in [5.41, 5.74) is 2.31. The number of likely N-dealkylation sites (tertiary alicyclic amines) is 1. The van der Waals surface area contributed by atoms with Crippen molar-refractivity contribution in [3.63, 3.8) is 0 Å². The van der Waals surface area contributed by atoms with Crippen molar-refractivity contribution in [3.8, 4) is 0 Å². The lowest BCUT2D eigenvalue weighted by Crippen LogP contribution is -2.34. The summed E-state index contributed by atoms with van der Waals surface area (Å²) in [5.74, 6) is -5.58. The van der Waals surface area contributed by atoms with E-state index in [0.29, 0.717) is 12.1 Å². The number of carbonyl (C=O) groups is 2.